The molecule has 32 heavy (non-hydrogen) atoms. The first-order valence-corrected chi connectivity index (χ1v) is 11.3. The Morgan fingerprint density at radius 2 is 1.59 bits per heavy atom. The number of nitrogens with zero attached hydrogens (tertiary/aromatic N) is 2. The van der Waals surface area contributed by atoms with E-state index in [0.717, 1.165) is 48.9 Å². The van der Waals surface area contributed by atoms with E-state index in [-0.39, 0.29) is 17.9 Å². The lowest BCUT2D eigenvalue weighted by Gasteiger charge is -2.42. The zero-order valence-electron chi connectivity index (χ0n) is 17.6. The van der Waals surface area contributed by atoms with Gasteiger partial charge in [-0.15, -0.1) is 11.3 Å². The van der Waals surface area contributed by atoms with Crippen molar-refractivity contribution in [1.82, 2.24) is 10.2 Å². The summed E-state index contributed by atoms with van der Waals surface area (Å²) < 4.78 is 41.4. The maximum atomic E-state index is 14.1. The standard InChI is InChI=1S/C24H24F3N3OS/c1-16(28-24(31)22-19(26)4-2-5-20(22)27)23(21-6-3-15-32-21)30-13-11-29(12-14-30)18-9-7-17(25)8-10-18/h2-10,15-16,23H,11-14H2,1H3,(H,28,31)/t16-,23+/m1/s1. The van der Waals surface area contributed by atoms with Gasteiger partial charge in [0.25, 0.3) is 5.91 Å². The molecule has 0 saturated carbocycles. The topological polar surface area (TPSA) is 35.6 Å². The van der Waals surface area contributed by atoms with Gasteiger partial charge in [-0.25, -0.2) is 13.2 Å². The van der Waals surface area contributed by atoms with Crippen LogP contribution in [-0.2, 0) is 0 Å². The normalized spacial score (nSPS) is 16.6. The van der Waals surface area contributed by atoms with Crippen LogP contribution in [0.3, 0.4) is 0 Å². The van der Waals surface area contributed by atoms with Crippen molar-refractivity contribution >= 4 is 22.9 Å². The van der Waals surface area contributed by atoms with Crippen LogP contribution in [0, 0.1) is 17.5 Å². The minimum Gasteiger partial charge on any atom is -0.369 e. The van der Waals surface area contributed by atoms with Gasteiger partial charge in [-0.1, -0.05) is 12.1 Å². The second-order valence-corrected chi connectivity index (χ2v) is 8.80. The quantitative estimate of drug-likeness (QED) is 0.573. The summed E-state index contributed by atoms with van der Waals surface area (Å²) in [5.41, 5.74) is 0.403. The van der Waals surface area contributed by atoms with E-state index in [1.54, 1.807) is 23.5 Å². The number of halogens is 3. The van der Waals surface area contributed by atoms with Crippen LogP contribution in [0.25, 0.3) is 0 Å². The Bertz CT molecular complexity index is 1030. The highest BCUT2D eigenvalue weighted by Crippen LogP contribution is 2.30. The molecule has 0 spiro atoms. The van der Waals surface area contributed by atoms with Crippen molar-refractivity contribution < 1.29 is 18.0 Å². The molecule has 0 unspecified atom stereocenters. The first kappa shape index (κ1) is 22.4. The van der Waals surface area contributed by atoms with Gasteiger partial charge in [0.05, 0.1) is 6.04 Å². The molecule has 2 atom stereocenters. The van der Waals surface area contributed by atoms with Crippen LogP contribution >= 0.6 is 11.3 Å². The number of hydrogen-bond donors (Lipinski definition) is 1. The van der Waals surface area contributed by atoms with Crippen molar-refractivity contribution in [2.24, 2.45) is 0 Å². The molecule has 1 aliphatic rings. The zero-order chi connectivity index (χ0) is 22.7. The Hall–Kier alpha value is -2.84. The molecule has 0 aliphatic carbocycles. The first-order valence-electron chi connectivity index (χ1n) is 10.5. The fraction of sp³-hybridized carbons (Fsp3) is 0.292. The number of amides is 1. The molecular formula is C24H24F3N3OS. The molecule has 1 aliphatic heterocycles. The molecule has 0 radical (unpaired) electrons. The summed E-state index contributed by atoms with van der Waals surface area (Å²) in [6.45, 7) is 4.81. The van der Waals surface area contributed by atoms with Crippen LogP contribution < -0.4 is 10.2 Å². The Morgan fingerprint density at radius 3 is 2.19 bits per heavy atom. The van der Waals surface area contributed by atoms with Gasteiger partial charge in [0.2, 0.25) is 0 Å². The maximum absolute atomic E-state index is 14.1. The zero-order valence-corrected chi connectivity index (χ0v) is 18.4. The average molecular weight is 460 g/mol. The summed E-state index contributed by atoms with van der Waals surface area (Å²) in [4.78, 5) is 18.2. The number of carbonyl (C=O) groups is 1. The number of thiophene rings is 1. The van der Waals surface area contributed by atoms with E-state index in [0.29, 0.717) is 0 Å². The van der Waals surface area contributed by atoms with E-state index in [4.69, 9.17) is 0 Å². The Morgan fingerprint density at radius 1 is 0.938 bits per heavy atom. The number of carbonyl (C=O) groups excluding carboxylic acids is 1. The third-order valence-corrected chi connectivity index (χ3v) is 6.70. The number of rotatable bonds is 6. The largest absolute Gasteiger partial charge is 0.369 e. The molecule has 1 aromatic heterocycles. The Kier molecular flexibility index (Phi) is 6.81. The summed E-state index contributed by atoms with van der Waals surface area (Å²) in [7, 11) is 0. The number of nitrogens with one attached hydrogen (secondary N) is 1. The second-order valence-electron chi connectivity index (χ2n) is 7.82. The average Bonchev–Trinajstić information content (AvgIpc) is 3.29. The highest BCUT2D eigenvalue weighted by molar-refractivity contribution is 7.10. The van der Waals surface area contributed by atoms with E-state index >= 15 is 0 Å². The third kappa shape index (κ3) is 4.81. The van der Waals surface area contributed by atoms with Gasteiger partial charge in [-0.2, -0.15) is 0 Å². The molecule has 1 N–H and O–H groups in total. The Balaban J connectivity index is 1.48. The molecule has 0 bridgehead atoms. The molecule has 1 saturated heterocycles. The summed E-state index contributed by atoms with van der Waals surface area (Å²) >= 11 is 1.58. The van der Waals surface area contributed by atoms with Gasteiger partial charge in [0.15, 0.2) is 0 Å². The van der Waals surface area contributed by atoms with Gasteiger partial charge in [-0.05, 0) is 54.8 Å². The number of anilines is 1. The number of hydrogen-bond acceptors (Lipinski definition) is 4. The van der Waals surface area contributed by atoms with Crippen LogP contribution in [-0.4, -0.2) is 43.0 Å². The fourth-order valence-electron chi connectivity index (χ4n) is 4.18. The molecule has 1 amide bonds. The van der Waals surface area contributed by atoms with Crippen LogP contribution in [0.15, 0.2) is 60.0 Å². The predicted molar refractivity (Wildman–Crippen MR) is 121 cm³/mol. The van der Waals surface area contributed by atoms with Crippen LogP contribution in [0.5, 0.6) is 0 Å². The smallest absolute Gasteiger partial charge is 0.257 e. The van der Waals surface area contributed by atoms with Crippen molar-refractivity contribution in [3.8, 4) is 0 Å². The summed E-state index contributed by atoms with van der Waals surface area (Å²) in [5, 5.41) is 4.78. The van der Waals surface area contributed by atoms with E-state index in [2.05, 4.69) is 15.1 Å². The molecule has 2 aromatic carbocycles. The van der Waals surface area contributed by atoms with Crippen molar-refractivity contribution in [3.05, 3.63) is 87.9 Å². The van der Waals surface area contributed by atoms with Crippen molar-refractivity contribution in [2.75, 3.05) is 31.1 Å². The monoisotopic (exact) mass is 459 g/mol. The lowest BCUT2D eigenvalue weighted by Crippen LogP contribution is -2.52. The highest BCUT2D eigenvalue weighted by atomic mass is 32.1. The van der Waals surface area contributed by atoms with Gasteiger partial charge >= 0.3 is 0 Å². The van der Waals surface area contributed by atoms with Crippen molar-refractivity contribution in [3.63, 3.8) is 0 Å². The number of piperazine rings is 1. The van der Waals surface area contributed by atoms with E-state index in [1.165, 1.54) is 18.2 Å². The molecular weight excluding hydrogens is 435 g/mol. The first-order chi connectivity index (χ1) is 15.4. The van der Waals surface area contributed by atoms with E-state index in [1.807, 2.05) is 24.4 Å². The number of benzene rings is 2. The predicted octanol–water partition coefficient (Wildman–Crippen LogP) is 4.85. The summed E-state index contributed by atoms with van der Waals surface area (Å²) in [5.74, 6) is -2.79. The minimum atomic E-state index is -0.879. The molecule has 8 heteroatoms. The Labute approximate surface area is 189 Å². The maximum Gasteiger partial charge on any atom is 0.257 e. The van der Waals surface area contributed by atoms with Crippen LogP contribution in [0.2, 0.25) is 0 Å². The van der Waals surface area contributed by atoms with E-state index < -0.39 is 23.1 Å². The van der Waals surface area contributed by atoms with Gasteiger partial charge in [-0.3, -0.25) is 9.69 Å². The second kappa shape index (κ2) is 9.75. The molecule has 3 aromatic rings. The summed E-state index contributed by atoms with van der Waals surface area (Å²) in [6.07, 6.45) is 0. The third-order valence-electron chi connectivity index (χ3n) is 5.76. The molecule has 168 valence electrons. The van der Waals surface area contributed by atoms with Crippen molar-refractivity contribution in [1.29, 1.82) is 0 Å². The van der Waals surface area contributed by atoms with Gasteiger partial charge < -0.3 is 10.2 Å². The lowest BCUT2D eigenvalue weighted by molar-refractivity contribution is 0.0882. The van der Waals surface area contributed by atoms with Crippen LogP contribution in [0.1, 0.15) is 28.2 Å². The van der Waals surface area contributed by atoms with Crippen molar-refractivity contribution in [2.45, 2.75) is 19.0 Å². The fourth-order valence-corrected chi connectivity index (χ4v) is 5.15. The van der Waals surface area contributed by atoms with Gasteiger partial charge in [0, 0.05) is 42.8 Å². The summed E-state index contributed by atoms with van der Waals surface area (Å²) in [6, 6.07) is 13.3. The molecule has 4 rings (SSSR count). The van der Waals surface area contributed by atoms with E-state index in [9.17, 15) is 18.0 Å². The van der Waals surface area contributed by atoms with Crippen LogP contribution in [0.4, 0.5) is 18.9 Å². The molecule has 2 heterocycles. The molecule has 1 fully saturated rings. The lowest BCUT2D eigenvalue weighted by atomic mass is 10.0. The SMILES string of the molecule is C[C@@H](NC(=O)c1c(F)cccc1F)[C@@H](c1cccs1)N1CCN(c2ccc(F)cc2)CC1. The minimum absolute atomic E-state index is 0.135. The molecule has 4 nitrogen and oxygen atoms in total. The highest BCUT2D eigenvalue weighted by Gasteiger charge is 2.32. The van der Waals surface area contributed by atoms with Gasteiger partial charge in [0.1, 0.15) is 23.0 Å².